The molecular weight excluding hydrogens is 611 g/mol. The Morgan fingerprint density at radius 1 is 0.830 bits per heavy atom. The third-order valence-electron chi connectivity index (χ3n) is 8.00. The van der Waals surface area contributed by atoms with Crippen molar-refractivity contribution in [1.29, 1.82) is 0 Å². The molecule has 0 aliphatic carbocycles. The van der Waals surface area contributed by atoms with E-state index >= 15 is 0 Å². The average Bonchev–Trinajstić information content (AvgIpc) is 3.45. The van der Waals surface area contributed by atoms with Crippen LogP contribution in [0.2, 0.25) is 0 Å². The van der Waals surface area contributed by atoms with Crippen molar-refractivity contribution in [2.24, 2.45) is 5.92 Å². The van der Waals surface area contributed by atoms with E-state index in [1.165, 1.54) is 23.4 Å². The Bertz CT molecular complexity index is 1810. The average molecular weight is 654 g/mol. The van der Waals surface area contributed by atoms with Gasteiger partial charge in [-0.3, -0.25) is 15.0 Å². The summed E-state index contributed by atoms with van der Waals surface area (Å²) in [6, 6.07) is 34.6. The minimum Gasteiger partial charge on any atom is -0.390 e. The molecule has 5 rings (SSSR count). The summed E-state index contributed by atoms with van der Waals surface area (Å²) < 4.78 is 29.9. The largest absolute Gasteiger partial charge is 0.390 e. The molecule has 1 heterocycles. The second-order valence-electron chi connectivity index (χ2n) is 12.4. The van der Waals surface area contributed by atoms with Crippen LogP contribution in [-0.2, 0) is 34.3 Å². The summed E-state index contributed by atoms with van der Waals surface area (Å²) in [7, 11) is -4.03. The van der Waals surface area contributed by atoms with Crippen LogP contribution < -0.4 is 5.32 Å². The third-order valence-corrected chi connectivity index (χ3v) is 9.83. The molecule has 9 nitrogen and oxygen atoms in total. The zero-order valence-corrected chi connectivity index (χ0v) is 27.9. The van der Waals surface area contributed by atoms with Crippen LogP contribution in [0.15, 0.2) is 114 Å². The fraction of sp³-hybridized carbons (Fsp3) is 0.297. The van der Waals surface area contributed by atoms with Crippen LogP contribution >= 0.6 is 0 Å². The van der Waals surface area contributed by atoms with E-state index in [-0.39, 0.29) is 35.8 Å². The van der Waals surface area contributed by atoms with Crippen molar-refractivity contribution in [3.8, 4) is 0 Å². The number of rotatable bonds is 15. The number of sulfonamides is 1. The monoisotopic (exact) mass is 653 g/mol. The smallest absolute Gasteiger partial charge is 0.243 e. The molecule has 246 valence electrons. The van der Waals surface area contributed by atoms with Gasteiger partial charge >= 0.3 is 0 Å². The molecule has 4 aromatic carbocycles. The van der Waals surface area contributed by atoms with Gasteiger partial charge < -0.3 is 10.1 Å². The second kappa shape index (κ2) is 15.5. The normalized spacial score (nSPS) is 13.3. The summed E-state index contributed by atoms with van der Waals surface area (Å²) in [6.07, 6.45) is -0.484. The topological polar surface area (TPSA) is 119 Å². The van der Waals surface area contributed by atoms with Crippen molar-refractivity contribution in [3.63, 3.8) is 0 Å². The fourth-order valence-corrected chi connectivity index (χ4v) is 7.47. The van der Waals surface area contributed by atoms with E-state index < -0.39 is 22.2 Å². The molecule has 10 heteroatoms. The summed E-state index contributed by atoms with van der Waals surface area (Å²) in [5.74, 6) is -0.0265. The Hall–Kier alpha value is -4.35. The highest BCUT2D eigenvalue weighted by molar-refractivity contribution is 7.89. The number of imidazole rings is 1. The molecule has 0 unspecified atom stereocenters. The van der Waals surface area contributed by atoms with E-state index in [0.717, 1.165) is 16.7 Å². The number of anilines is 1. The van der Waals surface area contributed by atoms with Crippen molar-refractivity contribution >= 4 is 32.9 Å². The van der Waals surface area contributed by atoms with Gasteiger partial charge in [0.25, 0.3) is 0 Å². The molecule has 3 N–H and O–H groups in total. The SMILES string of the molecule is CC(=O)Nc1nc2ccc(S(=O)(=O)N(CC(C)C)C[C@@H](O)[C@H](Cc3ccccc3)N(Cc3ccccc3)Cc3ccccc3)cc2[nH]1. The number of nitrogens with zero attached hydrogens (tertiary/aromatic N) is 3. The Labute approximate surface area is 277 Å². The van der Waals surface area contributed by atoms with Gasteiger partial charge in [-0.05, 0) is 47.2 Å². The maximum Gasteiger partial charge on any atom is 0.243 e. The van der Waals surface area contributed by atoms with Gasteiger partial charge in [0.15, 0.2) is 0 Å². The van der Waals surface area contributed by atoms with Crippen LogP contribution in [0.4, 0.5) is 5.95 Å². The van der Waals surface area contributed by atoms with Crippen LogP contribution in [-0.4, -0.2) is 63.8 Å². The summed E-state index contributed by atoms with van der Waals surface area (Å²) in [4.78, 5) is 21.2. The van der Waals surface area contributed by atoms with Crippen LogP contribution in [0, 0.1) is 5.92 Å². The van der Waals surface area contributed by atoms with E-state index in [9.17, 15) is 18.3 Å². The van der Waals surface area contributed by atoms with E-state index in [4.69, 9.17) is 0 Å². The Balaban J connectivity index is 1.49. The second-order valence-corrected chi connectivity index (χ2v) is 14.3. The summed E-state index contributed by atoms with van der Waals surface area (Å²) in [5, 5.41) is 14.7. The number of carbonyl (C=O) groups is 1. The molecule has 0 saturated heterocycles. The zero-order chi connectivity index (χ0) is 33.4. The summed E-state index contributed by atoms with van der Waals surface area (Å²) in [6.45, 7) is 6.60. The van der Waals surface area contributed by atoms with Gasteiger partial charge in [-0.15, -0.1) is 0 Å². The third kappa shape index (κ3) is 9.14. The quantitative estimate of drug-likeness (QED) is 0.131. The summed E-state index contributed by atoms with van der Waals surface area (Å²) >= 11 is 0. The number of fused-ring (bicyclic) bond motifs is 1. The van der Waals surface area contributed by atoms with Crippen molar-refractivity contribution < 1.29 is 18.3 Å². The lowest BCUT2D eigenvalue weighted by atomic mass is 9.97. The van der Waals surface area contributed by atoms with E-state index in [0.29, 0.717) is 30.5 Å². The first-order chi connectivity index (χ1) is 22.6. The molecule has 2 atom stereocenters. The van der Waals surface area contributed by atoms with Crippen LogP contribution in [0.5, 0.6) is 0 Å². The van der Waals surface area contributed by atoms with E-state index in [2.05, 4.69) is 44.5 Å². The highest BCUT2D eigenvalue weighted by Crippen LogP contribution is 2.26. The van der Waals surface area contributed by atoms with Crippen molar-refractivity contribution in [3.05, 3.63) is 126 Å². The molecule has 0 saturated carbocycles. The van der Waals surface area contributed by atoms with Gasteiger partial charge in [0.1, 0.15) is 0 Å². The van der Waals surface area contributed by atoms with Crippen LogP contribution in [0.25, 0.3) is 11.0 Å². The number of hydrogen-bond acceptors (Lipinski definition) is 6. The lowest BCUT2D eigenvalue weighted by molar-refractivity contribution is -0.114. The van der Waals surface area contributed by atoms with Gasteiger partial charge in [0, 0.05) is 39.1 Å². The van der Waals surface area contributed by atoms with Gasteiger partial charge in [-0.1, -0.05) is 105 Å². The molecule has 5 aromatic rings. The fourth-order valence-electron chi connectivity index (χ4n) is 5.82. The minimum atomic E-state index is -4.03. The predicted octanol–water partition coefficient (Wildman–Crippen LogP) is 5.84. The first-order valence-electron chi connectivity index (χ1n) is 15.9. The number of benzene rings is 4. The molecule has 1 amide bonds. The van der Waals surface area contributed by atoms with Gasteiger partial charge in [0.2, 0.25) is 21.9 Å². The number of nitrogens with one attached hydrogen (secondary N) is 2. The number of aromatic amines is 1. The first kappa shape index (κ1) is 34.0. The van der Waals surface area contributed by atoms with E-state index in [1.54, 1.807) is 6.07 Å². The maximum absolute atomic E-state index is 14.3. The zero-order valence-electron chi connectivity index (χ0n) is 27.1. The standard InChI is InChI=1S/C37H43N5O4S/c1-27(2)23-42(47(45,46)32-19-20-33-34(22-32)40-37(39-33)38-28(3)43)26-36(44)35(21-29-13-7-4-8-14-29)41(24-30-15-9-5-10-16-30)25-31-17-11-6-12-18-31/h4-20,22,27,35-36,44H,21,23-26H2,1-3H3,(H2,38,39,40,43)/t35-,36+/m0/s1. The lowest BCUT2D eigenvalue weighted by Gasteiger charge is -2.37. The molecule has 1 aromatic heterocycles. The number of aliphatic hydroxyl groups is 1. The predicted molar refractivity (Wildman–Crippen MR) is 186 cm³/mol. The molecule has 47 heavy (non-hydrogen) atoms. The van der Waals surface area contributed by atoms with Crippen molar-refractivity contribution in [2.75, 3.05) is 18.4 Å². The number of aliphatic hydroxyl groups excluding tert-OH is 1. The Morgan fingerprint density at radius 2 is 1.38 bits per heavy atom. The molecule has 0 bridgehead atoms. The molecule has 0 spiro atoms. The lowest BCUT2D eigenvalue weighted by Crippen LogP contribution is -2.50. The maximum atomic E-state index is 14.3. The highest BCUT2D eigenvalue weighted by Gasteiger charge is 2.33. The highest BCUT2D eigenvalue weighted by atomic mass is 32.2. The number of amides is 1. The van der Waals surface area contributed by atoms with Crippen LogP contribution in [0.1, 0.15) is 37.5 Å². The number of aromatic nitrogens is 2. The Kier molecular flexibility index (Phi) is 11.2. The first-order valence-corrected chi connectivity index (χ1v) is 17.3. The Morgan fingerprint density at radius 3 is 1.91 bits per heavy atom. The minimum absolute atomic E-state index is 0.0107. The number of hydrogen-bond donors (Lipinski definition) is 3. The van der Waals surface area contributed by atoms with Gasteiger partial charge in [-0.25, -0.2) is 13.4 Å². The molecule has 0 radical (unpaired) electrons. The molecule has 0 aliphatic rings. The number of carbonyl (C=O) groups excluding carboxylic acids is 1. The van der Waals surface area contributed by atoms with Crippen molar-refractivity contribution in [1.82, 2.24) is 19.2 Å². The van der Waals surface area contributed by atoms with Gasteiger partial charge in [-0.2, -0.15) is 4.31 Å². The summed E-state index contributed by atoms with van der Waals surface area (Å²) in [5.41, 5.74) is 4.28. The number of H-pyrrole nitrogens is 1. The van der Waals surface area contributed by atoms with Crippen molar-refractivity contribution in [2.45, 2.75) is 57.3 Å². The van der Waals surface area contributed by atoms with E-state index in [1.807, 2.05) is 80.6 Å². The molecule has 0 fully saturated rings. The van der Waals surface area contributed by atoms with Gasteiger partial charge in [0.05, 0.1) is 22.0 Å². The molecule has 0 aliphatic heterocycles. The molecular formula is C37H43N5O4S. The van der Waals surface area contributed by atoms with Crippen LogP contribution in [0.3, 0.4) is 0 Å².